The summed E-state index contributed by atoms with van der Waals surface area (Å²) in [5, 5.41) is 11.5. The van der Waals surface area contributed by atoms with Gasteiger partial charge in [0.25, 0.3) is 0 Å². The molecule has 0 aliphatic heterocycles. The van der Waals surface area contributed by atoms with Crippen LogP contribution in [0.5, 0.6) is 0 Å². The van der Waals surface area contributed by atoms with Gasteiger partial charge in [0, 0.05) is 41.3 Å². The lowest BCUT2D eigenvalue weighted by atomic mass is 10.0. The van der Waals surface area contributed by atoms with Crippen molar-refractivity contribution in [3.63, 3.8) is 0 Å². The van der Waals surface area contributed by atoms with Gasteiger partial charge in [-0.2, -0.15) is 5.10 Å². The van der Waals surface area contributed by atoms with Crippen molar-refractivity contribution in [2.24, 2.45) is 0 Å². The number of carbonyl (C=O) groups excluding carboxylic acids is 1. The van der Waals surface area contributed by atoms with Crippen LogP contribution in [0, 0.1) is 0 Å². The number of hydrogen-bond acceptors (Lipinski definition) is 7. The second-order valence-electron chi connectivity index (χ2n) is 8.96. The number of rotatable bonds is 6. The van der Waals surface area contributed by atoms with E-state index < -0.39 is 0 Å². The Bertz CT molecular complexity index is 1740. The molecule has 0 unspecified atom stereocenters. The smallest absolute Gasteiger partial charge is 0.238 e. The van der Waals surface area contributed by atoms with Crippen molar-refractivity contribution in [2.75, 3.05) is 26.0 Å². The Balaban J connectivity index is 1.38. The number of hydrogen-bond donors (Lipinski definition) is 3. The van der Waals surface area contributed by atoms with Crippen LogP contribution in [0.1, 0.15) is 0 Å². The Morgan fingerprint density at radius 3 is 2.59 bits per heavy atom. The van der Waals surface area contributed by atoms with Gasteiger partial charge in [-0.3, -0.25) is 24.8 Å². The number of aromatic nitrogens is 7. The number of carbonyl (C=O) groups is 1. The van der Waals surface area contributed by atoms with E-state index in [-0.39, 0.29) is 5.91 Å². The van der Waals surface area contributed by atoms with Crippen molar-refractivity contribution in [3.05, 3.63) is 73.4 Å². The summed E-state index contributed by atoms with van der Waals surface area (Å²) < 4.78 is 0. The molecule has 10 heteroatoms. The van der Waals surface area contributed by atoms with E-state index >= 15 is 0 Å². The van der Waals surface area contributed by atoms with Crippen LogP contribution >= 0.6 is 0 Å². The first-order valence-electron chi connectivity index (χ1n) is 11.7. The Labute approximate surface area is 211 Å². The number of aromatic amines is 2. The van der Waals surface area contributed by atoms with Crippen LogP contribution in [0.25, 0.3) is 55.8 Å². The molecule has 1 aromatic carbocycles. The van der Waals surface area contributed by atoms with Gasteiger partial charge in [-0.25, -0.2) is 4.98 Å². The fourth-order valence-corrected chi connectivity index (χ4v) is 4.30. The van der Waals surface area contributed by atoms with E-state index in [0.717, 1.165) is 44.3 Å². The molecule has 5 heterocycles. The van der Waals surface area contributed by atoms with Crippen molar-refractivity contribution >= 4 is 33.5 Å². The molecule has 0 radical (unpaired) electrons. The van der Waals surface area contributed by atoms with E-state index in [1.165, 1.54) is 0 Å². The van der Waals surface area contributed by atoms with Crippen LogP contribution in [-0.4, -0.2) is 66.6 Å². The molecule has 0 bridgehead atoms. The van der Waals surface area contributed by atoms with E-state index in [9.17, 15) is 4.79 Å². The molecule has 0 saturated heterocycles. The molecule has 1 amide bonds. The highest BCUT2D eigenvalue weighted by Gasteiger charge is 2.16. The van der Waals surface area contributed by atoms with Crippen molar-refractivity contribution < 1.29 is 4.79 Å². The zero-order valence-corrected chi connectivity index (χ0v) is 20.2. The van der Waals surface area contributed by atoms with Crippen LogP contribution in [0.3, 0.4) is 0 Å². The quantitative estimate of drug-likeness (QED) is 0.321. The van der Waals surface area contributed by atoms with Gasteiger partial charge in [0.15, 0.2) is 5.82 Å². The number of fused-ring (bicyclic) bond motifs is 2. The first kappa shape index (κ1) is 22.5. The molecule has 37 heavy (non-hydrogen) atoms. The molecule has 10 nitrogen and oxygen atoms in total. The molecule has 0 spiro atoms. The fourth-order valence-electron chi connectivity index (χ4n) is 4.30. The predicted molar refractivity (Wildman–Crippen MR) is 143 cm³/mol. The molecule has 0 atom stereocenters. The third kappa shape index (κ3) is 4.41. The average molecular weight is 490 g/mol. The minimum atomic E-state index is -0.0953. The normalized spacial score (nSPS) is 11.4. The average Bonchev–Trinajstić information content (AvgIpc) is 3.52. The summed E-state index contributed by atoms with van der Waals surface area (Å²) in [4.78, 5) is 35.2. The number of amides is 1. The van der Waals surface area contributed by atoms with Gasteiger partial charge in [-0.1, -0.05) is 6.07 Å². The molecule has 6 aromatic rings. The number of H-pyrrole nitrogens is 2. The third-order valence-electron chi connectivity index (χ3n) is 5.96. The highest BCUT2D eigenvalue weighted by Crippen LogP contribution is 2.32. The lowest BCUT2D eigenvalue weighted by Gasteiger charge is -2.11. The first-order valence-corrected chi connectivity index (χ1v) is 11.7. The van der Waals surface area contributed by atoms with Crippen molar-refractivity contribution in [1.82, 2.24) is 40.0 Å². The van der Waals surface area contributed by atoms with Crippen LogP contribution in [-0.2, 0) is 4.79 Å². The molecule has 0 fully saturated rings. The highest BCUT2D eigenvalue weighted by molar-refractivity contribution is 5.98. The summed E-state index contributed by atoms with van der Waals surface area (Å²) in [5.41, 5.74) is 7.42. The third-order valence-corrected chi connectivity index (χ3v) is 5.96. The molecule has 0 aliphatic carbocycles. The van der Waals surface area contributed by atoms with Crippen molar-refractivity contribution in [1.29, 1.82) is 0 Å². The van der Waals surface area contributed by atoms with Crippen LogP contribution in [0.2, 0.25) is 0 Å². The maximum absolute atomic E-state index is 12.2. The number of pyridine rings is 3. The molecular formula is C27H23N9O. The number of nitrogens with zero attached hydrogens (tertiary/aromatic N) is 6. The number of likely N-dealkylation sites (N-methyl/N-ethyl adjacent to an activating group) is 1. The number of benzene rings is 1. The van der Waals surface area contributed by atoms with E-state index in [1.54, 1.807) is 31.0 Å². The van der Waals surface area contributed by atoms with Gasteiger partial charge < -0.3 is 15.2 Å². The van der Waals surface area contributed by atoms with Gasteiger partial charge in [0.1, 0.15) is 11.2 Å². The number of imidazole rings is 1. The molecule has 182 valence electrons. The highest BCUT2D eigenvalue weighted by atomic mass is 16.2. The lowest BCUT2D eigenvalue weighted by molar-refractivity contribution is -0.116. The van der Waals surface area contributed by atoms with Gasteiger partial charge in [-0.05, 0) is 56.1 Å². The fraction of sp³-hybridized carbons (Fsp3) is 0.111. The van der Waals surface area contributed by atoms with E-state index in [4.69, 9.17) is 4.98 Å². The SMILES string of the molecule is CN(C)CC(=O)Nc1cncc(-c2ccc3[nH]nc(-c4nc5c(-c6ccncc6)nccc5[nH]4)c3c2)c1. The van der Waals surface area contributed by atoms with E-state index in [2.05, 4.69) is 35.5 Å². The zero-order valence-electron chi connectivity index (χ0n) is 20.2. The Morgan fingerprint density at radius 1 is 0.892 bits per heavy atom. The molecule has 6 rings (SSSR count). The molecule has 5 aromatic heterocycles. The van der Waals surface area contributed by atoms with E-state index in [1.807, 2.05) is 61.5 Å². The van der Waals surface area contributed by atoms with Crippen molar-refractivity contribution in [3.8, 4) is 33.9 Å². The van der Waals surface area contributed by atoms with Gasteiger partial charge in [0.05, 0.1) is 35.2 Å². The first-order chi connectivity index (χ1) is 18.0. The van der Waals surface area contributed by atoms with Crippen LogP contribution in [0.4, 0.5) is 5.69 Å². The lowest BCUT2D eigenvalue weighted by Crippen LogP contribution is -2.27. The molecule has 0 saturated carbocycles. The summed E-state index contributed by atoms with van der Waals surface area (Å²) in [5.74, 6) is 0.548. The molecule has 3 N–H and O–H groups in total. The summed E-state index contributed by atoms with van der Waals surface area (Å²) in [6, 6.07) is 13.7. The monoisotopic (exact) mass is 489 g/mol. The van der Waals surface area contributed by atoms with Gasteiger partial charge in [0.2, 0.25) is 5.91 Å². The summed E-state index contributed by atoms with van der Waals surface area (Å²) in [6.45, 7) is 0.296. The number of nitrogens with one attached hydrogen (secondary N) is 3. The maximum atomic E-state index is 12.2. The minimum Gasteiger partial charge on any atom is -0.336 e. The Morgan fingerprint density at radius 2 is 1.76 bits per heavy atom. The second-order valence-corrected chi connectivity index (χ2v) is 8.96. The van der Waals surface area contributed by atoms with Gasteiger partial charge in [-0.15, -0.1) is 0 Å². The number of anilines is 1. The van der Waals surface area contributed by atoms with E-state index in [0.29, 0.717) is 23.8 Å². The van der Waals surface area contributed by atoms with Gasteiger partial charge >= 0.3 is 0 Å². The Hall–Kier alpha value is -4.96. The predicted octanol–water partition coefficient (Wildman–Crippen LogP) is 4.13. The summed E-state index contributed by atoms with van der Waals surface area (Å²) in [7, 11) is 3.70. The zero-order chi connectivity index (χ0) is 25.4. The second kappa shape index (κ2) is 9.25. The Kier molecular flexibility index (Phi) is 5.62. The standard InChI is InChI=1S/C27H23N9O/c1-36(2)15-23(37)31-19-11-18(13-29-14-19)17-3-4-21-20(12-17)25(35-34-21)27-32-22-7-10-30-24(26(22)33-27)16-5-8-28-9-6-16/h3-14H,15H2,1-2H3,(H,31,37)(H,32,33)(H,34,35). The molecular weight excluding hydrogens is 466 g/mol. The summed E-state index contributed by atoms with van der Waals surface area (Å²) >= 11 is 0. The maximum Gasteiger partial charge on any atom is 0.238 e. The van der Waals surface area contributed by atoms with Crippen LogP contribution < -0.4 is 5.32 Å². The summed E-state index contributed by atoms with van der Waals surface area (Å²) in [6.07, 6.45) is 8.66. The molecule has 0 aliphatic rings. The van der Waals surface area contributed by atoms with Crippen LogP contribution in [0.15, 0.2) is 73.4 Å². The van der Waals surface area contributed by atoms with Crippen molar-refractivity contribution in [2.45, 2.75) is 0 Å². The minimum absolute atomic E-state index is 0.0953. The topological polar surface area (TPSA) is 128 Å². The largest absolute Gasteiger partial charge is 0.336 e.